The van der Waals surface area contributed by atoms with Crippen LogP contribution in [-0.4, -0.2) is 23.3 Å². The zero-order valence-corrected chi connectivity index (χ0v) is 11.0. The quantitative estimate of drug-likeness (QED) is 0.902. The summed E-state index contributed by atoms with van der Waals surface area (Å²) in [5, 5.41) is 0. The van der Waals surface area contributed by atoms with E-state index in [-0.39, 0.29) is 11.2 Å². The Morgan fingerprint density at radius 1 is 1.47 bits per heavy atom. The smallest absolute Gasteiger partial charge is 0.201 e. The van der Waals surface area contributed by atoms with E-state index in [4.69, 9.17) is 10.5 Å². The summed E-state index contributed by atoms with van der Waals surface area (Å²) < 4.78 is 20.5. The summed E-state index contributed by atoms with van der Waals surface area (Å²) in [7, 11) is 1.71. The second-order valence-corrected chi connectivity index (χ2v) is 5.43. The van der Waals surface area contributed by atoms with Crippen molar-refractivity contribution in [2.24, 2.45) is 5.41 Å². The fourth-order valence-electron chi connectivity index (χ4n) is 2.60. The van der Waals surface area contributed by atoms with Gasteiger partial charge in [-0.15, -0.1) is 0 Å². The molecule has 0 atom stereocenters. The van der Waals surface area contributed by atoms with Crippen molar-refractivity contribution >= 4 is 17.0 Å². The molecule has 5 heteroatoms. The molecule has 1 fully saturated rings. The van der Waals surface area contributed by atoms with Gasteiger partial charge in [0.2, 0.25) is 5.95 Å². The molecule has 0 spiro atoms. The topological polar surface area (TPSA) is 53.1 Å². The molecule has 1 saturated carbocycles. The number of hydrogen-bond donors (Lipinski definition) is 1. The van der Waals surface area contributed by atoms with Gasteiger partial charge in [-0.05, 0) is 42.9 Å². The van der Waals surface area contributed by atoms with Gasteiger partial charge >= 0.3 is 0 Å². The van der Waals surface area contributed by atoms with Crippen LogP contribution in [0.1, 0.15) is 19.3 Å². The highest BCUT2D eigenvalue weighted by Crippen LogP contribution is 2.50. The Morgan fingerprint density at radius 3 is 2.95 bits per heavy atom. The van der Waals surface area contributed by atoms with Gasteiger partial charge in [-0.3, -0.25) is 0 Å². The molecular formula is C14H18FN3O. The van der Waals surface area contributed by atoms with Gasteiger partial charge in [0.25, 0.3) is 0 Å². The summed E-state index contributed by atoms with van der Waals surface area (Å²) in [6.45, 7) is 1.54. The number of hydrogen-bond acceptors (Lipinski definition) is 3. The minimum Gasteiger partial charge on any atom is -0.385 e. The Bertz CT molecular complexity index is 604. The molecule has 19 heavy (non-hydrogen) atoms. The van der Waals surface area contributed by atoms with Crippen LogP contribution in [0, 0.1) is 11.2 Å². The Balaban J connectivity index is 1.92. The van der Waals surface area contributed by atoms with E-state index in [1.807, 2.05) is 4.57 Å². The molecule has 2 aromatic rings. The summed E-state index contributed by atoms with van der Waals surface area (Å²) in [6, 6.07) is 4.59. The van der Waals surface area contributed by atoms with Crippen molar-refractivity contribution in [2.75, 3.05) is 19.5 Å². The first kappa shape index (κ1) is 12.4. The fourth-order valence-corrected chi connectivity index (χ4v) is 2.60. The van der Waals surface area contributed by atoms with Crippen molar-refractivity contribution < 1.29 is 9.13 Å². The Hall–Kier alpha value is -1.62. The summed E-state index contributed by atoms with van der Waals surface area (Å²) in [5.41, 5.74) is 7.75. The number of ether oxygens (including phenoxy) is 1. The highest BCUT2D eigenvalue weighted by molar-refractivity contribution is 5.78. The standard InChI is InChI=1S/C14H18FN3O/c1-19-7-6-14(4-5-14)9-18-12-8-10(15)2-3-11(12)17-13(18)16/h2-3,8H,4-7,9H2,1H3,(H2,16,17). The van der Waals surface area contributed by atoms with Gasteiger partial charge in [0.05, 0.1) is 11.0 Å². The van der Waals surface area contributed by atoms with E-state index in [0.29, 0.717) is 5.95 Å². The molecule has 1 aliphatic carbocycles. The van der Waals surface area contributed by atoms with E-state index >= 15 is 0 Å². The van der Waals surface area contributed by atoms with Crippen molar-refractivity contribution in [1.82, 2.24) is 9.55 Å². The second kappa shape index (κ2) is 4.49. The highest BCUT2D eigenvalue weighted by Gasteiger charge is 2.42. The molecule has 1 heterocycles. The van der Waals surface area contributed by atoms with Gasteiger partial charge < -0.3 is 15.0 Å². The van der Waals surface area contributed by atoms with E-state index < -0.39 is 0 Å². The van der Waals surface area contributed by atoms with Crippen LogP contribution in [0.15, 0.2) is 18.2 Å². The van der Waals surface area contributed by atoms with Crippen LogP contribution >= 0.6 is 0 Å². The van der Waals surface area contributed by atoms with Gasteiger partial charge in [0.15, 0.2) is 0 Å². The molecule has 1 aromatic carbocycles. The zero-order valence-electron chi connectivity index (χ0n) is 11.0. The first-order chi connectivity index (χ1) is 9.13. The third-order valence-corrected chi connectivity index (χ3v) is 4.03. The van der Waals surface area contributed by atoms with E-state index in [9.17, 15) is 4.39 Å². The SMILES string of the molecule is COCCC1(Cn2c(N)nc3ccc(F)cc32)CC1. The number of imidazole rings is 1. The number of nitrogens with zero attached hydrogens (tertiary/aromatic N) is 2. The molecular weight excluding hydrogens is 245 g/mol. The molecule has 3 rings (SSSR count). The summed E-state index contributed by atoms with van der Waals surface area (Å²) in [6.07, 6.45) is 3.35. The molecule has 102 valence electrons. The maximum Gasteiger partial charge on any atom is 0.201 e. The first-order valence-electron chi connectivity index (χ1n) is 6.54. The number of methoxy groups -OCH3 is 1. The molecule has 0 aliphatic heterocycles. The van der Waals surface area contributed by atoms with Crippen LogP contribution < -0.4 is 5.73 Å². The summed E-state index contributed by atoms with van der Waals surface area (Å²) in [4.78, 5) is 4.29. The van der Waals surface area contributed by atoms with Crippen molar-refractivity contribution in [3.8, 4) is 0 Å². The molecule has 1 aromatic heterocycles. The van der Waals surface area contributed by atoms with E-state index in [2.05, 4.69) is 4.98 Å². The van der Waals surface area contributed by atoms with Gasteiger partial charge in [0.1, 0.15) is 5.82 Å². The molecule has 4 nitrogen and oxygen atoms in total. The summed E-state index contributed by atoms with van der Waals surface area (Å²) in [5.74, 6) is 0.208. The van der Waals surface area contributed by atoms with Crippen molar-refractivity contribution in [2.45, 2.75) is 25.8 Å². The highest BCUT2D eigenvalue weighted by atomic mass is 19.1. The van der Waals surface area contributed by atoms with E-state index in [1.54, 1.807) is 13.2 Å². The van der Waals surface area contributed by atoms with Crippen LogP contribution in [0.5, 0.6) is 0 Å². The normalized spacial score (nSPS) is 16.9. The predicted molar refractivity (Wildman–Crippen MR) is 72.3 cm³/mol. The van der Waals surface area contributed by atoms with Crippen LogP contribution in [0.25, 0.3) is 11.0 Å². The van der Waals surface area contributed by atoms with Crippen LogP contribution in [0.4, 0.5) is 10.3 Å². The second-order valence-electron chi connectivity index (χ2n) is 5.43. The molecule has 0 amide bonds. The lowest BCUT2D eigenvalue weighted by atomic mass is 10.0. The van der Waals surface area contributed by atoms with E-state index in [0.717, 1.165) is 30.6 Å². The Morgan fingerprint density at radius 2 is 2.26 bits per heavy atom. The number of nitrogens with two attached hydrogens (primary N) is 1. The fraction of sp³-hybridized carbons (Fsp3) is 0.500. The lowest BCUT2D eigenvalue weighted by Crippen LogP contribution is -2.15. The number of aromatic nitrogens is 2. The monoisotopic (exact) mass is 263 g/mol. The molecule has 0 bridgehead atoms. The number of rotatable bonds is 5. The largest absolute Gasteiger partial charge is 0.385 e. The van der Waals surface area contributed by atoms with E-state index in [1.165, 1.54) is 25.0 Å². The number of nitrogen functional groups attached to an aromatic ring is 1. The Kier molecular flexibility index (Phi) is 2.93. The summed E-state index contributed by atoms with van der Waals surface area (Å²) >= 11 is 0. The molecule has 0 unspecified atom stereocenters. The number of fused-ring (bicyclic) bond motifs is 1. The number of benzene rings is 1. The maximum absolute atomic E-state index is 13.4. The molecule has 0 radical (unpaired) electrons. The van der Waals surface area contributed by atoms with Crippen LogP contribution in [0.2, 0.25) is 0 Å². The van der Waals surface area contributed by atoms with Gasteiger partial charge in [-0.1, -0.05) is 0 Å². The zero-order chi connectivity index (χ0) is 13.5. The van der Waals surface area contributed by atoms with Crippen molar-refractivity contribution in [3.63, 3.8) is 0 Å². The van der Waals surface area contributed by atoms with Gasteiger partial charge in [-0.25, -0.2) is 9.37 Å². The minimum atomic E-state index is -0.254. The first-order valence-corrected chi connectivity index (χ1v) is 6.54. The third-order valence-electron chi connectivity index (χ3n) is 4.03. The molecule has 1 aliphatic rings. The minimum absolute atomic E-state index is 0.254. The molecule has 0 saturated heterocycles. The average Bonchev–Trinajstić information content (AvgIpc) is 3.09. The number of halogens is 1. The third kappa shape index (κ3) is 2.30. The maximum atomic E-state index is 13.4. The van der Waals surface area contributed by atoms with Crippen molar-refractivity contribution in [1.29, 1.82) is 0 Å². The predicted octanol–water partition coefficient (Wildman–Crippen LogP) is 2.57. The average molecular weight is 263 g/mol. The van der Waals surface area contributed by atoms with Crippen LogP contribution in [-0.2, 0) is 11.3 Å². The lowest BCUT2D eigenvalue weighted by molar-refractivity contribution is 0.167. The van der Waals surface area contributed by atoms with Gasteiger partial charge in [-0.2, -0.15) is 0 Å². The Labute approximate surface area is 111 Å². The number of anilines is 1. The van der Waals surface area contributed by atoms with Crippen molar-refractivity contribution in [3.05, 3.63) is 24.0 Å². The molecule has 2 N–H and O–H groups in total. The van der Waals surface area contributed by atoms with Crippen LogP contribution in [0.3, 0.4) is 0 Å². The van der Waals surface area contributed by atoms with Gasteiger partial charge in [0, 0.05) is 20.3 Å². The lowest BCUT2D eigenvalue weighted by Gasteiger charge is -2.16.